The molecule has 0 N–H and O–H groups in total. The molecule has 1 aliphatic carbocycles. The smallest absolute Gasteiger partial charge is 0.233 e. The largest absolute Gasteiger partial charge is 0.373 e. The van der Waals surface area contributed by atoms with E-state index in [0.717, 1.165) is 63.6 Å². The van der Waals surface area contributed by atoms with Crippen molar-refractivity contribution < 1.29 is 9.53 Å². The van der Waals surface area contributed by atoms with Crippen LogP contribution in [0.2, 0.25) is 0 Å². The summed E-state index contributed by atoms with van der Waals surface area (Å²) in [6.45, 7) is 9.23. The van der Waals surface area contributed by atoms with E-state index in [4.69, 9.17) is 4.74 Å². The van der Waals surface area contributed by atoms with Crippen LogP contribution in [-0.4, -0.2) is 86.6 Å². The van der Waals surface area contributed by atoms with Crippen LogP contribution in [0.3, 0.4) is 0 Å². The Kier molecular flexibility index (Phi) is 7.08. The van der Waals surface area contributed by atoms with Crippen molar-refractivity contribution in [2.24, 2.45) is 5.92 Å². The second-order valence-corrected chi connectivity index (χ2v) is 9.88. The molecule has 3 fully saturated rings. The maximum absolute atomic E-state index is 12.7. The molecule has 1 aromatic heterocycles. The lowest BCUT2D eigenvalue weighted by atomic mass is 9.95. The fourth-order valence-corrected chi connectivity index (χ4v) is 5.89. The van der Waals surface area contributed by atoms with Crippen molar-refractivity contribution in [3.8, 4) is 0 Å². The molecule has 29 heavy (non-hydrogen) atoms. The van der Waals surface area contributed by atoms with Crippen molar-refractivity contribution in [1.82, 2.24) is 30.0 Å². The molecule has 0 spiro atoms. The Bertz CT molecular complexity index is 662. The number of morpholine rings is 1. The number of ether oxygens (including phenoxy) is 1. The van der Waals surface area contributed by atoms with Gasteiger partial charge in [-0.2, -0.15) is 0 Å². The maximum atomic E-state index is 12.7. The fourth-order valence-electron chi connectivity index (χ4n) is 5.04. The summed E-state index contributed by atoms with van der Waals surface area (Å²) in [4.78, 5) is 17.3. The first-order valence-electron chi connectivity index (χ1n) is 11.1. The first-order valence-corrected chi connectivity index (χ1v) is 12.1. The summed E-state index contributed by atoms with van der Waals surface area (Å²) in [6, 6.07) is 0.406. The molecule has 1 saturated carbocycles. The zero-order valence-corrected chi connectivity index (χ0v) is 18.5. The highest BCUT2D eigenvalue weighted by Crippen LogP contribution is 2.31. The van der Waals surface area contributed by atoms with E-state index in [2.05, 4.69) is 34.3 Å². The van der Waals surface area contributed by atoms with Gasteiger partial charge in [-0.3, -0.25) is 9.69 Å². The predicted octanol–water partition coefficient (Wildman–Crippen LogP) is 2.23. The third-order valence-electron chi connectivity index (χ3n) is 6.44. The number of thioether (sulfide) groups is 1. The summed E-state index contributed by atoms with van der Waals surface area (Å²) in [5.74, 6) is 1.32. The number of rotatable bonds is 6. The average molecular weight is 423 g/mol. The molecule has 2 atom stereocenters. The molecule has 2 aliphatic heterocycles. The van der Waals surface area contributed by atoms with Crippen LogP contribution in [0.5, 0.6) is 0 Å². The number of likely N-dealkylation sites (tertiary alicyclic amines) is 1. The standard InChI is InChI=1S/C20H34N6O2S/c1-15-11-24(12-16(2)28-15)13-17-7-9-25(10-8-17)19(27)14-29-20-21-22-23-26(20)18-5-3-4-6-18/h15-18H,3-14H2,1-2H3. The van der Waals surface area contributed by atoms with Gasteiger partial charge in [-0.25, -0.2) is 4.68 Å². The molecular weight excluding hydrogens is 388 g/mol. The summed E-state index contributed by atoms with van der Waals surface area (Å²) in [5.41, 5.74) is 0. The molecular formula is C20H34N6O2S. The van der Waals surface area contributed by atoms with Gasteiger partial charge in [-0.1, -0.05) is 24.6 Å². The highest BCUT2D eigenvalue weighted by molar-refractivity contribution is 7.99. The molecule has 0 aromatic carbocycles. The monoisotopic (exact) mass is 422 g/mol. The van der Waals surface area contributed by atoms with Gasteiger partial charge < -0.3 is 9.64 Å². The van der Waals surface area contributed by atoms with Crippen molar-refractivity contribution in [2.75, 3.05) is 38.5 Å². The third-order valence-corrected chi connectivity index (χ3v) is 7.35. The van der Waals surface area contributed by atoms with Crippen LogP contribution in [0.1, 0.15) is 58.4 Å². The molecule has 1 amide bonds. The van der Waals surface area contributed by atoms with Crippen molar-refractivity contribution in [2.45, 2.75) is 75.8 Å². The lowest BCUT2D eigenvalue weighted by Gasteiger charge is -2.39. The Morgan fingerprint density at radius 3 is 2.48 bits per heavy atom. The van der Waals surface area contributed by atoms with Crippen LogP contribution in [0.4, 0.5) is 0 Å². The van der Waals surface area contributed by atoms with E-state index in [1.54, 1.807) is 0 Å². The number of hydrogen-bond donors (Lipinski definition) is 0. The summed E-state index contributed by atoms with van der Waals surface area (Å²) in [5, 5.41) is 12.9. The van der Waals surface area contributed by atoms with E-state index in [0.29, 0.717) is 29.9 Å². The summed E-state index contributed by atoms with van der Waals surface area (Å²) in [7, 11) is 0. The number of hydrogen-bond acceptors (Lipinski definition) is 7. The van der Waals surface area contributed by atoms with Gasteiger partial charge in [-0.15, -0.1) is 5.10 Å². The fraction of sp³-hybridized carbons (Fsp3) is 0.900. The second kappa shape index (κ2) is 9.75. The molecule has 9 heteroatoms. The first-order chi connectivity index (χ1) is 14.1. The zero-order chi connectivity index (χ0) is 20.2. The van der Waals surface area contributed by atoms with Gasteiger partial charge in [0, 0.05) is 32.7 Å². The molecule has 2 unspecified atom stereocenters. The molecule has 1 aromatic rings. The van der Waals surface area contributed by atoms with Gasteiger partial charge in [0.1, 0.15) is 0 Å². The highest BCUT2D eigenvalue weighted by atomic mass is 32.2. The lowest BCUT2D eigenvalue weighted by Crippen LogP contribution is -2.48. The summed E-state index contributed by atoms with van der Waals surface area (Å²) in [6.07, 6.45) is 7.58. The van der Waals surface area contributed by atoms with Crippen LogP contribution >= 0.6 is 11.8 Å². The van der Waals surface area contributed by atoms with Crippen LogP contribution in [0.15, 0.2) is 5.16 Å². The molecule has 0 bridgehead atoms. The summed E-state index contributed by atoms with van der Waals surface area (Å²) >= 11 is 1.49. The minimum Gasteiger partial charge on any atom is -0.373 e. The van der Waals surface area contributed by atoms with Crippen LogP contribution in [0.25, 0.3) is 0 Å². The summed E-state index contributed by atoms with van der Waals surface area (Å²) < 4.78 is 7.77. The van der Waals surface area contributed by atoms with Crippen molar-refractivity contribution in [3.05, 3.63) is 0 Å². The maximum Gasteiger partial charge on any atom is 0.233 e. The van der Waals surface area contributed by atoms with Gasteiger partial charge in [0.05, 0.1) is 24.0 Å². The number of aromatic nitrogens is 4. The normalized spacial score (nSPS) is 27.6. The average Bonchev–Trinajstić information content (AvgIpc) is 3.37. The SMILES string of the molecule is CC1CN(CC2CCN(C(=O)CSc3nnnn3C3CCCC3)CC2)CC(C)O1. The van der Waals surface area contributed by atoms with Gasteiger partial charge in [0.15, 0.2) is 0 Å². The Morgan fingerprint density at radius 1 is 1.10 bits per heavy atom. The van der Waals surface area contributed by atoms with Crippen LogP contribution in [-0.2, 0) is 9.53 Å². The number of nitrogens with zero attached hydrogens (tertiary/aromatic N) is 6. The Morgan fingerprint density at radius 2 is 1.79 bits per heavy atom. The Labute approximate surface area is 177 Å². The van der Waals surface area contributed by atoms with Crippen LogP contribution < -0.4 is 0 Å². The molecule has 0 radical (unpaired) electrons. The number of amides is 1. The molecule has 3 heterocycles. The van der Waals surface area contributed by atoms with E-state index in [9.17, 15) is 4.79 Å². The number of tetrazole rings is 1. The van der Waals surface area contributed by atoms with E-state index in [-0.39, 0.29) is 5.91 Å². The van der Waals surface area contributed by atoms with E-state index in [1.165, 1.54) is 24.6 Å². The molecule has 162 valence electrons. The highest BCUT2D eigenvalue weighted by Gasteiger charge is 2.28. The third kappa shape index (κ3) is 5.49. The van der Waals surface area contributed by atoms with Crippen LogP contribution in [0, 0.1) is 5.92 Å². The quantitative estimate of drug-likeness (QED) is 0.651. The Hall–Kier alpha value is -1.19. The van der Waals surface area contributed by atoms with Gasteiger partial charge in [0.2, 0.25) is 11.1 Å². The minimum absolute atomic E-state index is 0.211. The molecule has 8 nitrogen and oxygen atoms in total. The first kappa shape index (κ1) is 21.1. The van der Waals surface area contributed by atoms with E-state index < -0.39 is 0 Å². The predicted molar refractivity (Wildman–Crippen MR) is 112 cm³/mol. The van der Waals surface area contributed by atoms with Gasteiger partial charge >= 0.3 is 0 Å². The topological polar surface area (TPSA) is 76.4 Å². The minimum atomic E-state index is 0.211. The Balaban J connectivity index is 1.20. The van der Waals surface area contributed by atoms with E-state index in [1.807, 2.05) is 9.58 Å². The van der Waals surface area contributed by atoms with Crippen molar-refractivity contribution >= 4 is 17.7 Å². The van der Waals surface area contributed by atoms with Gasteiger partial charge in [0.25, 0.3) is 0 Å². The van der Waals surface area contributed by atoms with Gasteiger partial charge in [-0.05, 0) is 55.9 Å². The van der Waals surface area contributed by atoms with Crippen molar-refractivity contribution in [3.63, 3.8) is 0 Å². The van der Waals surface area contributed by atoms with E-state index >= 15 is 0 Å². The number of carbonyl (C=O) groups excluding carboxylic acids is 1. The zero-order valence-electron chi connectivity index (χ0n) is 17.7. The molecule has 4 rings (SSSR count). The molecule has 3 aliphatic rings. The molecule has 2 saturated heterocycles. The number of piperidine rings is 1. The van der Waals surface area contributed by atoms with Crippen molar-refractivity contribution in [1.29, 1.82) is 0 Å². The lowest BCUT2D eigenvalue weighted by molar-refractivity contribution is -0.130. The number of carbonyl (C=O) groups is 1. The second-order valence-electron chi connectivity index (χ2n) is 8.93.